The Hall–Kier alpha value is -1.58. The highest BCUT2D eigenvalue weighted by molar-refractivity contribution is 7.18. The highest BCUT2D eigenvalue weighted by atomic mass is 32.1. The van der Waals surface area contributed by atoms with Gasteiger partial charge in [-0.15, -0.1) is 11.3 Å². The number of nitriles is 1. The number of carbonyl (C=O) groups excluding carboxylic acids is 1. The van der Waals surface area contributed by atoms with Gasteiger partial charge in [0.05, 0.1) is 30.8 Å². The Morgan fingerprint density at radius 3 is 2.62 bits per heavy atom. The highest BCUT2D eigenvalue weighted by Gasteiger charge is 2.26. The number of nitrogens with zero attached hydrogens (tertiary/aromatic N) is 1. The number of likely N-dealkylation sites (tertiary alicyclic amines) is 1. The second-order valence-electron chi connectivity index (χ2n) is 5.32. The Bertz CT molecular complexity index is 540. The van der Waals surface area contributed by atoms with E-state index in [1.807, 2.05) is 0 Å². The molecule has 1 aliphatic heterocycles. The molecule has 0 aliphatic carbocycles. The summed E-state index contributed by atoms with van der Waals surface area (Å²) in [6.07, 6.45) is 4.94. The predicted molar refractivity (Wildman–Crippen MR) is 82.3 cm³/mol. The predicted octanol–water partition coefficient (Wildman–Crippen LogP) is 1.34. The zero-order chi connectivity index (χ0) is 15.2. The normalized spacial score (nSPS) is 16.2. The molecule has 1 fully saturated rings. The molecule has 0 radical (unpaired) electrons. The Morgan fingerprint density at radius 1 is 1.38 bits per heavy atom. The van der Waals surface area contributed by atoms with E-state index in [9.17, 15) is 10.1 Å². The van der Waals surface area contributed by atoms with Crippen molar-refractivity contribution >= 4 is 22.3 Å². The Balaban J connectivity index is 2.26. The monoisotopic (exact) mass is 308 g/mol. The first kappa shape index (κ1) is 15.8. The van der Waals surface area contributed by atoms with Crippen LogP contribution in [-0.2, 0) is 11.3 Å². The van der Waals surface area contributed by atoms with Crippen molar-refractivity contribution < 1.29 is 14.4 Å². The third kappa shape index (κ3) is 3.74. The summed E-state index contributed by atoms with van der Waals surface area (Å²) in [5, 5.41) is 9.75. The van der Waals surface area contributed by atoms with Crippen molar-refractivity contribution in [2.24, 2.45) is 0 Å². The molecule has 0 atom stereocenters. The summed E-state index contributed by atoms with van der Waals surface area (Å²) in [5.41, 5.74) is 7.13. The van der Waals surface area contributed by atoms with E-state index in [-0.39, 0.29) is 5.97 Å². The molecule has 0 aromatic carbocycles. The minimum Gasteiger partial charge on any atom is -0.462 e. The number of rotatable bonds is 4. The van der Waals surface area contributed by atoms with Crippen LogP contribution in [0.1, 0.15) is 53.4 Å². The summed E-state index contributed by atoms with van der Waals surface area (Å²) < 4.78 is 5.09. The first-order valence-electron chi connectivity index (χ1n) is 7.49. The number of nitrogen functional groups attached to an aromatic ring is 1. The fourth-order valence-electron chi connectivity index (χ4n) is 2.79. The number of anilines is 1. The summed E-state index contributed by atoms with van der Waals surface area (Å²) in [6.45, 7) is 4.96. The summed E-state index contributed by atoms with van der Waals surface area (Å²) in [4.78, 5) is 14.0. The number of ether oxygens (including phenoxy) is 1. The van der Waals surface area contributed by atoms with Crippen LogP contribution in [0.5, 0.6) is 0 Å². The van der Waals surface area contributed by atoms with Crippen LogP contribution in [-0.4, -0.2) is 25.7 Å². The van der Waals surface area contributed by atoms with Gasteiger partial charge >= 0.3 is 5.97 Å². The molecule has 1 aromatic heterocycles. The van der Waals surface area contributed by atoms with Gasteiger partial charge in [-0.05, 0) is 32.6 Å². The number of carbonyl (C=O) groups is 1. The molecule has 2 rings (SSSR count). The van der Waals surface area contributed by atoms with Gasteiger partial charge in [0.2, 0.25) is 0 Å². The third-order valence-electron chi connectivity index (χ3n) is 3.84. The van der Waals surface area contributed by atoms with Crippen LogP contribution in [0.4, 0.5) is 5.00 Å². The Morgan fingerprint density at radius 2 is 2.05 bits per heavy atom. The van der Waals surface area contributed by atoms with E-state index in [0.717, 1.165) is 18.7 Å². The van der Waals surface area contributed by atoms with Gasteiger partial charge in [-0.1, -0.05) is 0 Å². The average Bonchev–Trinajstić information content (AvgIpc) is 2.64. The zero-order valence-corrected chi connectivity index (χ0v) is 13.2. The molecular formula is C15H22N3O2S+. The first-order valence-corrected chi connectivity index (χ1v) is 8.31. The van der Waals surface area contributed by atoms with Crippen LogP contribution in [0.25, 0.3) is 0 Å². The second-order valence-corrected chi connectivity index (χ2v) is 6.37. The van der Waals surface area contributed by atoms with Crippen molar-refractivity contribution in [3.05, 3.63) is 16.0 Å². The molecule has 5 nitrogen and oxygen atoms in total. The molecule has 1 saturated heterocycles. The maximum atomic E-state index is 12.1. The lowest BCUT2D eigenvalue weighted by molar-refractivity contribution is -0.913. The molecule has 0 saturated carbocycles. The van der Waals surface area contributed by atoms with Gasteiger partial charge in [0.25, 0.3) is 0 Å². The van der Waals surface area contributed by atoms with E-state index >= 15 is 0 Å². The van der Waals surface area contributed by atoms with E-state index in [0.29, 0.717) is 28.6 Å². The van der Waals surface area contributed by atoms with E-state index in [2.05, 4.69) is 6.07 Å². The molecule has 0 unspecified atom stereocenters. The topological polar surface area (TPSA) is 80.5 Å². The average molecular weight is 308 g/mol. The number of esters is 1. The number of nitrogens with one attached hydrogen (secondary N) is 1. The molecule has 0 spiro atoms. The fourth-order valence-corrected chi connectivity index (χ4v) is 3.72. The Kier molecular flexibility index (Phi) is 5.59. The van der Waals surface area contributed by atoms with Gasteiger partial charge in [-0.2, -0.15) is 5.26 Å². The SMILES string of the molecule is CCOC(=O)c1sc(N)c(C#N)c1C[NH+]1CCCCCC1. The van der Waals surface area contributed by atoms with Crippen LogP contribution in [0, 0.1) is 11.3 Å². The van der Waals surface area contributed by atoms with Crippen LogP contribution in [0.15, 0.2) is 0 Å². The lowest BCUT2D eigenvalue weighted by Crippen LogP contribution is -3.10. The number of thiophene rings is 1. The number of hydrogen-bond acceptors (Lipinski definition) is 5. The van der Waals surface area contributed by atoms with E-state index in [1.165, 1.54) is 41.9 Å². The van der Waals surface area contributed by atoms with Crippen LogP contribution >= 0.6 is 11.3 Å². The van der Waals surface area contributed by atoms with Gasteiger partial charge in [0.1, 0.15) is 22.5 Å². The minimum atomic E-state index is -0.361. The quantitative estimate of drug-likeness (QED) is 0.823. The summed E-state index contributed by atoms with van der Waals surface area (Å²) >= 11 is 1.17. The largest absolute Gasteiger partial charge is 0.462 e. The van der Waals surface area contributed by atoms with Crippen LogP contribution in [0.2, 0.25) is 0 Å². The maximum Gasteiger partial charge on any atom is 0.348 e. The van der Waals surface area contributed by atoms with E-state index in [1.54, 1.807) is 6.92 Å². The molecule has 1 aromatic rings. The molecule has 3 N–H and O–H groups in total. The number of nitrogens with two attached hydrogens (primary N) is 1. The first-order chi connectivity index (χ1) is 10.2. The third-order valence-corrected chi connectivity index (χ3v) is 4.89. The van der Waals surface area contributed by atoms with Gasteiger partial charge < -0.3 is 15.4 Å². The van der Waals surface area contributed by atoms with Gasteiger partial charge in [0.15, 0.2) is 0 Å². The van der Waals surface area contributed by atoms with Crippen molar-refractivity contribution in [2.45, 2.75) is 39.2 Å². The standard InChI is InChI=1S/C15H21N3O2S/c1-2-20-15(19)13-12(11(9-16)14(17)21-13)10-18-7-5-3-4-6-8-18/h2-8,10,17H2,1H3/p+1. The molecule has 21 heavy (non-hydrogen) atoms. The van der Waals surface area contributed by atoms with Crippen molar-refractivity contribution in [1.29, 1.82) is 5.26 Å². The fraction of sp³-hybridized carbons (Fsp3) is 0.600. The highest BCUT2D eigenvalue weighted by Crippen LogP contribution is 2.30. The van der Waals surface area contributed by atoms with Crippen molar-refractivity contribution in [3.63, 3.8) is 0 Å². The van der Waals surface area contributed by atoms with Gasteiger partial charge in [-0.25, -0.2) is 4.79 Å². The molecule has 114 valence electrons. The van der Waals surface area contributed by atoms with Crippen LogP contribution < -0.4 is 10.6 Å². The summed E-state index contributed by atoms with van der Waals surface area (Å²) in [5.74, 6) is -0.361. The van der Waals surface area contributed by atoms with E-state index in [4.69, 9.17) is 10.5 Å². The lowest BCUT2D eigenvalue weighted by Gasteiger charge is -2.17. The van der Waals surface area contributed by atoms with Crippen molar-refractivity contribution in [2.75, 3.05) is 25.4 Å². The lowest BCUT2D eigenvalue weighted by atomic mass is 10.1. The molecule has 2 heterocycles. The van der Waals surface area contributed by atoms with E-state index < -0.39 is 0 Å². The second kappa shape index (κ2) is 7.43. The molecule has 0 bridgehead atoms. The zero-order valence-electron chi connectivity index (χ0n) is 12.4. The number of hydrogen-bond donors (Lipinski definition) is 2. The Labute approximate surface area is 129 Å². The number of quaternary nitrogens is 1. The smallest absolute Gasteiger partial charge is 0.348 e. The van der Waals surface area contributed by atoms with Gasteiger partial charge in [0, 0.05) is 0 Å². The maximum absolute atomic E-state index is 12.1. The van der Waals surface area contributed by atoms with Gasteiger partial charge in [-0.3, -0.25) is 0 Å². The molecule has 0 amide bonds. The van der Waals surface area contributed by atoms with Crippen molar-refractivity contribution in [3.8, 4) is 6.07 Å². The summed E-state index contributed by atoms with van der Waals surface area (Å²) in [7, 11) is 0. The minimum absolute atomic E-state index is 0.328. The molecular weight excluding hydrogens is 286 g/mol. The van der Waals surface area contributed by atoms with Crippen LogP contribution in [0.3, 0.4) is 0 Å². The van der Waals surface area contributed by atoms with Crippen molar-refractivity contribution in [1.82, 2.24) is 0 Å². The molecule has 6 heteroatoms. The molecule has 1 aliphatic rings. The summed E-state index contributed by atoms with van der Waals surface area (Å²) in [6, 6.07) is 2.15.